The quantitative estimate of drug-likeness (QED) is 0.829. The Balaban J connectivity index is 2.80. The summed E-state index contributed by atoms with van der Waals surface area (Å²) < 4.78 is 1.36. The van der Waals surface area contributed by atoms with Gasteiger partial charge in [-0.1, -0.05) is 13.8 Å². The Hall–Kier alpha value is -2.11. The van der Waals surface area contributed by atoms with Crippen LogP contribution >= 0.6 is 0 Å². The van der Waals surface area contributed by atoms with E-state index in [1.807, 2.05) is 0 Å². The lowest BCUT2D eigenvalue weighted by molar-refractivity contribution is -0.121. The van der Waals surface area contributed by atoms with Crippen molar-refractivity contribution in [1.29, 1.82) is 0 Å². The van der Waals surface area contributed by atoms with Gasteiger partial charge in [-0.05, 0) is 31.4 Å². The van der Waals surface area contributed by atoms with Crippen LogP contribution in [-0.2, 0) is 16.1 Å². The number of rotatable bonds is 6. The Morgan fingerprint density at radius 1 is 1.29 bits per heavy atom. The van der Waals surface area contributed by atoms with E-state index in [1.54, 1.807) is 19.1 Å². The Labute approximate surface area is 124 Å². The van der Waals surface area contributed by atoms with Crippen molar-refractivity contribution >= 4 is 17.5 Å². The molecule has 1 rings (SSSR count). The average Bonchev–Trinajstić information content (AvgIpc) is 2.37. The minimum absolute atomic E-state index is 0.0454. The van der Waals surface area contributed by atoms with Crippen molar-refractivity contribution in [3.05, 3.63) is 28.2 Å². The zero-order chi connectivity index (χ0) is 16.0. The molecule has 21 heavy (non-hydrogen) atoms. The molecular weight excluding hydrogens is 270 g/mol. The highest BCUT2D eigenvalue weighted by atomic mass is 16.2. The molecule has 0 aliphatic carbocycles. The van der Waals surface area contributed by atoms with Crippen molar-refractivity contribution in [3.63, 3.8) is 0 Å². The number of aromatic nitrogens is 1. The summed E-state index contributed by atoms with van der Waals surface area (Å²) in [5.41, 5.74) is 0.486. The van der Waals surface area contributed by atoms with E-state index < -0.39 is 0 Å². The third-order valence-electron chi connectivity index (χ3n) is 3.05. The molecule has 1 aromatic heterocycles. The van der Waals surface area contributed by atoms with Crippen LogP contribution in [0.1, 0.15) is 32.9 Å². The predicted molar refractivity (Wildman–Crippen MR) is 82.2 cm³/mol. The molecule has 0 radical (unpaired) electrons. The predicted octanol–water partition coefficient (Wildman–Crippen LogP) is 1.28. The summed E-state index contributed by atoms with van der Waals surface area (Å²) in [6, 6.07) is 3.25. The summed E-state index contributed by atoms with van der Waals surface area (Å²) in [6.07, 6.45) is 0.894. The third-order valence-corrected chi connectivity index (χ3v) is 3.05. The number of pyridine rings is 1. The molecule has 6 heteroatoms. The molecule has 0 fully saturated rings. The molecule has 0 aliphatic heterocycles. The Morgan fingerprint density at radius 3 is 2.52 bits per heavy atom. The number of nitrogens with zero attached hydrogens (tertiary/aromatic N) is 1. The monoisotopic (exact) mass is 293 g/mol. The molecule has 0 atom stereocenters. The van der Waals surface area contributed by atoms with Gasteiger partial charge in [-0.3, -0.25) is 14.4 Å². The molecule has 2 N–H and O–H groups in total. The zero-order valence-corrected chi connectivity index (χ0v) is 13.0. The topological polar surface area (TPSA) is 80.2 Å². The maximum atomic E-state index is 12.2. The van der Waals surface area contributed by atoms with Crippen LogP contribution in [0.4, 0.5) is 5.69 Å². The highest BCUT2D eigenvalue weighted by Gasteiger charge is 2.11. The van der Waals surface area contributed by atoms with Crippen molar-refractivity contribution in [2.75, 3.05) is 11.9 Å². The lowest BCUT2D eigenvalue weighted by atomic mass is 10.1. The maximum Gasteiger partial charge on any atom is 0.274 e. The Morgan fingerprint density at radius 2 is 1.95 bits per heavy atom. The van der Waals surface area contributed by atoms with E-state index in [0.717, 1.165) is 6.42 Å². The molecule has 0 saturated carbocycles. The Bertz CT molecular complexity index is 576. The second kappa shape index (κ2) is 7.61. The van der Waals surface area contributed by atoms with Crippen molar-refractivity contribution < 1.29 is 9.59 Å². The van der Waals surface area contributed by atoms with Gasteiger partial charge in [0.1, 0.15) is 12.2 Å². The summed E-state index contributed by atoms with van der Waals surface area (Å²) in [5, 5.41) is 5.26. The number of nitrogens with one attached hydrogen (secondary N) is 2. The minimum atomic E-state index is -0.371. The number of carbonyl (C=O) groups is 2. The van der Waals surface area contributed by atoms with Gasteiger partial charge in [-0.15, -0.1) is 0 Å². The SMILES string of the molecule is CC(=O)Nc1ccc(C)n(CC(=O)NCCC(C)C)c1=O. The van der Waals surface area contributed by atoms with Crippen molar-refractivity contribution in [3.8, 4) is 0 Å². The number of hydrogen-bond acceptors (Lipinski definition) is 3. The van der Waals surface area contributed by atoms with E-state index in [0.29, 0.717) is 18.2 Å². The van der Waals surface area contributed by atoms with Crippen LogP contribution in [0.5, 0.6) is 0 Å². The molecule has 0 spiro atoms. The summed E-state index contributed by atoms with van der Waals surface area (Å²) in [6.45, 7) is 7.80. The number of anilines is 1. The minimum Gasteiger partial charge on any atom is -0.355 e. The first-order valence-electron chi connectivity index (χ1n) is 7.06. The fraction of sp³-hybridized carbons (Fsp3) is 0.533. The average molecular weight is 293 g/mol. The first-order valence-corrected chi connectivity index (χ1v) is 7.06. The van der Waals surface area contributed by atoms with Crippen LogP contribution < -0.4 is 16.2 Å². The summed E-state index contributed by atoms with van der Waals surface area (Å²) in [4.78, 5) is 35.1. The fourth-order valence-corrected chi connectivity index (χ4v) is 1.85. The normalized spacial score (nSPS) is 10.5. The highest BCUT2D eigenvalue weighted by molar-refractivity contribution is 5.88. The Kier molecular flexibility index (Phi) is 6.14. The molecule has 0 unspecified atom stereocenters. The number of amides is 2. The van der Waals surface area contributed by atoms with Gasteiger partial charge >= 0.3 is 0 Å². The lowest BCUT2D eigenvalue weighted by Gasteiger charge is -2.13. The third kappa shape index (κ3) is 5.41. The van der Waals surface area contributed by atoms with Crippen LogP contribution in [0.15, 0.2) is 16.9 Å². The van der Waals surface area contributed by atoms with Crippen LogP contribution in [0, 0.1) is 12.8 Å². The number of hydrogen-bond donors (Lipinski definition) is 2. The first kappa shape index (κ1) is 16.9. The molecule has 0 saturated heterocycles. The molecule has 0 aliphatic rings. The van der Waals surface area contributed by atoms with Crippen molar-refractivity contribution in [2.45, 2.75) is 40.7 Å². The van der Waals surface area contributed by atoms with Gasteiger partial charge in [0.2, 0.25) is 11.8 Å². The van der Waals surface area contributed by atoms with Crippen molar-refractivity contribution in [2.24, 2.45) is 5.92 Å². The van der Waals surface area contributed by atoms with E-state index in [4.69, 9.17) is 0 Å². The highest BCUT2D eigenvalue weighted by Crippen LogP contribution is 2.03. The standard InChI is InChI=1S/C15H23N3O3/c1-10(2)7-8-16-14(20)9-18-11(3)5-6-13(15(18)21)17-12(4)19/h5-6,10H,7-9H2,1-4H3,(H,16,20)(H,17,19). The molecular formula is C15H23N3O3. The molecule has 1 heterocycles. The smallest absolute Gasteiger partial charge is 0.274 e. The van der Waals surface area contributed by atoms with Crippen LogP contribution in [0.3, 0.4) is 0 Å². The van der Waals surface area contributed by atoms with Gasteiger partial charge in [0.25, 0.3) is 5.56 Å². The molecule has 2 amide bonds. The van der Waals surface area contributed by atoms with E-state index in [-0.39, 0.29) is 29.6 Å². The lowest BCUT2D eigenvalue weighted by Crippen LogP contribution is -2.35. The van der Waals surface area contributed by atoms with Gasteiger partial charge in [0.15, 0.2) is 0 Å². The van der Waals surface area contributed by atoms with Gasteiger partial charge < -0.3 is 15.2 Å². The van der Waals surface area contributed by atoms with Crippen LogP contribution in [0.25, 0.3) is 0 Å². The van der Waals surface area contributed by atoms with Crippen LogP contribution in [-0.4, -0.2) is 22.9 Å². The van der Waals surface area contributed by atoms with Gasteiger partial charge in [-0.25, -0.2) is 0 Å². The molecule has 6 nitrogen and oxygen atoms in total. The second-order valence-corrected chi connectivity index (χ2v) is 5.49. The van der Waals surface area contributed by atoms with E-state index >= 15 is 0 Å². The number of carbonyl (C=O) groups excluding carboxylic acids is 2. The molecule has 0 aromatic carbocycles. The van der Waals surface area contributed by atoms with E-state index in [1.165, 1.54) is 11.5 Å². The maximum absolute atomic E-state index is 12.2. The number of aryl methyl sites for hydroxylation is 1. The van der Waals surface area contributed by atoms with Gasteiger partial charge in [0.05, 0.1) is 0 Å². The van der Waals surface area contributed by atoms with Crippen molar-refractivity contribution in [1.82, 2.24) is 9.88 Å². The molecule has 1 aromatic rings. The summed E-state index contributed by atoms with van der Waals surface area (Å²) in [5.74, 6) is -0.0115. The van der Waals surface area contributed by atoms with Gasteiger partial charge in [0, 0.05) is 19.2 Å². The second-order valence-electron chi connectivity index (χ2n) is 5.49. The van der Waals surface area contributed by atoms with Gasteiger partial charge in [-0.2, -0.15) is 0 Å². The largest absolute Gasteiger partial charge is 0.355 e. The summed E-state index contributed by atoms with van der Waals surface area (Å²) >= 11 is 0. The fourth-order valence-electron chi connectivity index (χ4n) is 1.85. The first-order chi connectivity index (χ1) is 9.81. The molecule has 0 bridgehead atoms. The van der Waals surface area contributed by atoms with Crippen LogP contribution in [0.2, 0.25) is 0 Å². The zero-order valence-electron chi connectivity index (χ0n) is 13.0. The van der Waals surface area contributed by atoms with E-state index in [9.17, 15) is 14.4 Å². The molecule has 116 valence electrons. The van der Waals surface area contributed by atoms with E-state index in [2.05, 4.69) is 24.5 Å². The summed E-state index contributed by atoms with van der Waals surface area (Å²) in [7, 11) is 0.